The van der Waals surface area contributed by atoms with Crippen molar-refractivity contribution in [3.05, 3.63) is 16.6 Å². The van der Waals surface area contributed by atoms with Gasteiger partial charge in [-0.25, -0.2) is 0 Å². The van der Waals surface area contributed by atoms with Gasteiger partial charge in [0.15, 0.2) is 0 Å². The first-order chi connectivity index (χ1) is 3.93. The number of nitrogens with two attached hydrogens (primary N) is 1. The standard InChI is InChI=1S/C5H8N2S/c6-2-1-5-3-7-4-8-5/h3-4H,1-2,6H2. The predicted molar refractivity (Wildman–Crippen MR) is 34.9 cm³/mol. The SMILES string of the molecule is NCCc1cncs1. The van der Waals surface area contributed by atoms with E-state index >= 15 is 0 Å². The molecule has 0 saturated carbocycles. The molecule has 0 radical (unpaired) electrons. The van der Waals surface area contributed by atoms with Crippen molar-refractivity contribution in [1.29, 1.82) is 0 Å². The van der Waals surface area contributed by atoms with Gasteiger partial charge in [0, 0.05) is 11.1 Å². The highest BCUT2D eigenvalue weighted by molar-refractivity contribution is 7.09. The fourth-order valence-corrected chi connectivity index (χ4v) is 1.12. The van der Waals surface area contributed by atoms with Crippen LogP contribution in [0.1, 0.15) is 4.88 Å². The summed E-state index contributed by atoms with van der Waals surface area (Å²) in [6.07, 6.45) is 2.82. The van der Waals surface area contributed by atoms with Crippen LogP contribution < -0.4 is 5.73 Å². The van der Waals surface area contributed by atoms with Crippen LogP contribution in [0.25, 0.3) is 0 Å². The second-order valence-corrected chi connectivity index (χ2v) is 2.48. The summed E-state index contributed by atoms with van der Waals surface area (Å²) in [5, 5.41) is 0. The second kappa shape index (κ2) is 2.79. The van der Waals surface area contributed by atoms with Crippen molar-refractivity contribution in [3.63, 3.8) is 0 Å². The molecule has 2 N–H and O–H groups in total. The number of hydrogen-bond acceptors (Lipinski definition) is 3. The first kappa shape index (κ1) is 5.72. The highest BCUT2D eigenvalue weighted by Gasteiger charge is 1.88. The number of rotatable bonds is 2. The van der Waals surface area contributed by atoms with Gasteiger partial charge in [0.05, 0.1) is 5.51 Å². The molecule has 1 aromatic heterocycles. The quantitative estimate of drug-likeness (QED) is 0.635. The van der Waals surface area contributed by atoms with Crippen molar-refractivity contribution in [1.82, 2.24) is 4.98 Å². The number of thiazole rings is 1. The van der Waals surface area contributed by atoms with Crippen LogP contribution in [0.4, 0.5) is 0 Å². The smallest absolute Gasteiger partial charge is 0.0794 e. The molecule has 0 bridgehead atoms. The monoisotopic (exact) mass is 128 g/mol. The minimum absolute atomic E-state index is 0.724. The van der Waals surface area contributed by atoms with Gasteiger partial charge in [-0.1, -0.05) is 0 Å². The minimum atomic E-state index is 0.724. The van der Waals surface area contributed by atoms with Crippen LogP contribution in [-0.2, 0) is 6.42 Å². The molecule has 0 spiro atoms. The van der Waals surface area contributed by atoms with E-state index in [4.69, 9.17) is 5.73 Å². The lowest BCUT2D eigenvalue weighted by atomic mass is 10.4. The lowest BCUT2D eigenvalue weighted by Crippen LogP contribution is -2.00. The van der Waals surface area contributed by atoms with Gasteiger partial charge in [0.2, 0.25) is 0 Å². The molecule has 3 heteroatoms. The van der Waals surface area contributed by atoms with Crippen LogP contribution in [0.5, 0.6) is 0 Å². The predicted octanol–water partition coefficient (Wildman–Crippen LogP) is 0.644. The van der Waals surface area contributed by atoms with E-state index in [-0.39, 0.29) is 0 Å². The van der Waals surface area contributed by atoms with E-state index in [1.54, 1.807) is 11.3 Å². The lowest BCUT2D eigenvalue weighted by molar-refractivity contribution is 0.984. The van der Waals surface area contributed by atoms with E-state index < -0.39 is 0 Å². The zero-order valence-electron chi connectivity index (χ0n) is 4.50. The van der Waals surface area contributed by atoms with E-state index in [1.165, 1.54) is 4.88 Å². The average molecular weight is 128 g/mol. The summed E-state index contributed by atoms with van der Waals surface area (Å²) in [5.41, 5.74) is 7.12. The van der Waals surface area contributed by atoms with Gasteiger partial charge >= 0.3 is 0 Å². The summed E-state index contributed by atoms with van der Waals surface area (Å²) in [6, 6.07) is 0. The van der Waals surface area contributed by atoms with Crippen molar-refractivity contribution in [2.24, 2.45) is 5.73 Å². The molecule has 0 aliphatic carbocycles. The summed E-state index contributed by atoms with van der Waals surface area (Å²) in [4.78, 5) is 5.17. The Morgan fingerprint density at radius 2 is 2.62 bits per heavy atom. The van der Waals surface area contributed by atoms with Crippen molar-refractivity contribution in [2.45, 2.75) is 6.42 Å². The summed E-state index contributed by atoms with van der Waals surface area (Å²) >= 11 is 1.66. The zero-order valence-corrected chi connectivity index (χ0v) is 5.32. The molecule has 0 unspecified atom stereocenters. The molecule has 0 saturated heterocycles. The van der Waals surface area contributed by atoms with Gasteiger partial charge in [-0.3, -0.25) is 4.98 Å². The molecule has 0 aliphatic rings. The highest BCUT2D eigenvalue weighted by atomic mass is 32.1. The zero-order chi connectivity index (χ0) is 5.82. The van der Waals surface area contributed by atoms with Gasteiger partial charge in [-0.2, -0.15) is 0 Å². The summed E-state index contributed by atoms with van der Waals surface area (Å²) < 4.78 is 0. The third kappa shape index (κ3) is 1.28. The Morgan fingerprint density at radius 3 is 3.12 bits per heavy atom. The van der Waals surface area contributed by atoms with Crippen molar-refractivity contribution >= 4 is 11.3 Å². The normalized spacial score (nSPS) is 9.62. The fraction of sp³-hybridized carbons (Fsp3) is 0.400. The Labute approximate surface area is 52.4 Å². The van der Waals surface area contributed by atoms with Gasteiger partial charge in [0.25, 0.3) is 0 Å². The van der Waals surface area contributed by atoms with E-state index in [9.17, 15) is 0 Å². The number of hydrogen-bond donors (Lipinski definition) is 1. The largest absolute Gasteiger partial charge is 0.330 e. The van der Waals surface area contributed by atoms with Crippen LogP contribution in [-0.4, -0.2) is 11.5 Å². The Kier molecular flexibility index (Phi) is 2.00. The maximum atomic E-state index is 5.30. The summed E-state index contributed by atoms with van der Waals surface area (Å²) in [5.74, 6) is 0. The second-order valence-electron chi connectivity index (χ2n) is 1.51. The van der Waals surface area contributed by atoms with Gasteiger partial charge in [0.1, 0.15) is 0 Å². The molecule has 0 amide bonds. The van der Waals surface area contributed by atoms with Crippen molar-refractivity contribution < 1.29 is 0 Å². The average Bonchev–Trinajstić information content (AvgIpc) is 2.19. The van der Waals surface area contributed by atoms with Crippen LogP contribution in [0.3, 0.4) is 0 Å². The molecule has 1 heterocycles. The van der Waals surface area contributed by atoms with Crippen LogP contribution in [0, 0.1) is 0 Å². The maximum Gasteiger partial charge on any atom is 0.0794 e. The molecule has 44 valence electrons. The molecule has 8 heavy (non-hydrogen) atoms. The lowest BCUT2D eigenvalue weighted by Gasteiger charge is -1.84. The third-order valence-corrected chi connectivity index (χ3v) is 1.71. The fourth-order valence-electron chi connectivity index (χ4n) is 0.508. The molecule has 0 atom stereocenters. The van der Waals surface area contributed by atoms with Gasteiger partial charge in [-0.05, 0) is 13.0 Å². The Hall–Kier alpha value is -0.410. The Morgan fingerprint density at radius 1 is 1.75 bits per heavy atom. The third-order valence-electron chi connectivity index (χ3n) is 0.874. The van der Waals surface area contributed by atoms with E-state index in [0.717, 1.165) is 13.0 Å². The van der Waals surface area contributed by atoms with Crippen molar-refractivity contribution in [2.75, 3.05) is 6.54 Å². The van der Waals surface area contributed by atoms with Crippen LogP contribution >= 0.6 is 11.3 Å². The molecular weight excluding hydrogens is 120 g/mol. The first-order valence-corrected chi connectivity index (χ1v) is 3.39. The minimum Gasteiger partial charge on any atom is -0.330 e. The van der Waals surface area contributed by atoms with E-state index in [2.05, 4.69) is 4.98 Å². The van der Waals surface area contributed by atoms with Gasteiger partial charge < -0.3 is 5.73 Å². The molecule has 1 aromatic rings. The van der Waals surface area contributed by atoms with Crippen LogP contribution in [0.15, 0.2) is 11.7 Å². The Balaban J connectivity index is 2.50. The highest BCUT2D eigenvalue weighted by Crippen LogP contribution is 2.03. The molecule has 1 rings (SSSR count). The van der Waals surface area contributed by atoms with Gasteiger partial charge in [-0.15, -0.1) is 11.3 Å². The number of nitrogens with zero attached hydrogens (tertiary/aromatic N) is 1. The summed E-state index contributed by atoms with van der Waals surface area (Å²) in [6.45, 7) is 0.724. The molecule has 0 aromatic carbocycles. The Bertz CT molecular complexity index is 136. The molecular formula is C5H8N2S. The first-order valence-electron chi connectivity index (χ1n) is 2.51. The van der Waals surface area contributed by atoms with Crippen LogP contribution in [0.2, 0.25) is 0 Å². The molecule has 2 nitrogen and oxygen atoms in total. The maximum absolute atomic E-state index is 5.30. The summed E-state index contributed by atoms with van der Waals surface area (Å²) in [7, 11) is 0. The topological polar surface area (TPSA) is 38.9 Å². The molecule has 0 aliphatic heterocycles. The van der Waals surface area contributed by atoms with Crippen molar-refractivity contribution in [3.8, 4) is 0 Å². The molecule has 0 fully saturated rings. The van der Waals surface area contributed by atoms with E-state index in [1.807, 2.05) is 11.7 Å². The van der Waals surface area contributed by atoms with E-state index in [0.29, 0.717) is 0 Å². The number of aromatic nitrogens is 1.